The molecule has 3 fully saturated rings. The largest absolute Gasteiger partial charge is 0.494 e. The number of fused-ring (bicyclic) bond motifs is 1. The van der Waals surface area contributed by atoms with Gasteiger partial charge < -0.3 is 15.0 Å². The Labute approximate surface area is 198 Å². The van der Waals surface area contributed by atoms with Crippen LogP contribution in [-0.2, 0) is 4.79 Å². The molecule has 1 aromatic heterocycles. The summed E-state index contributed by atoms with van der Waals surface area (Å²) in [5.74, 6) is 1.87. The van der Waals surface area contributed by atoms with E-state index in [1.807, 2.05) is 24.4 Å². The number of nitrogens with zero attached hydrogens (tertiary/aromatic N) is 1. The number of ether oxygens (including phenoxy) is 1. The molecule has 0 radical (unpaired) electrons. The number of anilines is 1. The van der Waals surface area contributed by atoms with Crippen molar-refractivity contribution in [3.63, 3.8) is 0 Å². The average molecular weight is 478 g/mol. The van der Waals surface area contributed by atoms with Gasteiger partial charge in [-0.15, -0.1) is 0 Å². The molecule has 1 heterocycles. The minimum Gasteiger partial charge on any atom is -0.494 e. The number of carbonyl (C=O) groups excluding carboxylic acids is 1. The average Bonchev–Trinajstić information content (AvgIpc) is 3.21. The SMILES string of the molecule is CN(C[C@H]1CC[C@@H](CCOc2ccc3[nH]cc(NC(=O)C4CC45CCC5)c3c2)C1)CC(F)(F)F. The standard InChI is InChI=1S/C26H34F3N3O2/c1-32(16-26(27,28)29)15-18-4-3-17(11-18)7-10-34-19-5-6-22-20(12-19)23(14-30-22)31-24(33)21-13-25(21)8-2-9-25/h5-6,12,14,17-18,21,30H,2-4,7-11,13,15-16H2,1H3,(H,31,33)/t17-,18-,21?/m0/s1. The molecular formula is C26H34F3N3O2. The van der Waals surface area contributed by atoms with Gasteiger partial charge in [0.1, 0.15) is 5.75 Å². The lowest BCUT2D eigenvalue weighted by atomic mass is 9.79. The first-order valence-electron chi connectivity index (χ1n) is 12.5. The van der Waals surface area contributed by atoms with Crippen molar-refractivity contribution in [3.8, 4) is 5.75 Å². The summed E-state index contributed by atoms with van der Waals surface area (Å²) in [5.41, 5.74) is 2.06. The molecule has 3 aliphatic carbocycles. The molecule has 5 nitrogen and oxygen atoms in total. The van der Waals surface area contributed by atoms with Crippen molar-refractivity contribution in [1.29, 1.82) is 0 Å². The zero-order chi connectivity index (χ0) is 23.9. The molecule has 34 heavy (non-hydrogen) atoms. The first kappa shape index (κ1) is 23.5. The number of carbonyl (C=O) groups is 1. The van der Waals surface area contributed by atoms with Crippen LogP contribution in [0.2, 0.25) is 0 Å². The number of H-pyrrole nitrogens is 1. The van der Waals surface area contributed by atoms with Gasteiger partial charge in [-0.05, 0) is 87.4 Å². The van der Waals surface area contributed by atoms with Crippen LogP contribution in [0.3, 0.4) is 0 Å². The van der Waals surface area contributed by atoms with Crippen molar-refractivity contribution in [1.82, 2.24) is 9.88 Å². The number of benzene rings is 1. The number of halogens is 3. The van der Waals surface area contributed by atoms with Gasteiger partial charge >= 0.3 is 6.18 Å². The van der Waals surface area contributed by atoms with E-state index >= 15 is 0 Å². The smallest absolute Gasteiger partial charge is 0.401 e. The molecule has 5 rings (SSSR count). The van der Waals surface area contributed by atoms with Crippen LogP contribution in [0.1, 0.15) is 51.4 Å². The van der Waals surface area contributed by atoms with E-state index in [9.17, 15) is 18.0 Å². The van der Waals surface area contributed by atoms with Crippen LogP contribution in [-0.4, -0.2) is 48.7 Å². The summed E-state index contributed by atoms with van der Waals surface area (Å²) in [6, 6.07) is 5.86. The predicted molar refractivity (Wildman–Crippen MR) is 126 cm³/mol. The van der Waals surface area contributed by atoms with E-state index < -0.39 is 12.7 Å². The summed E-state index contributed by atoms with van der Waals surface area (Å²) >= 11 is 0. The maximum absolute atomic E-state index is 12.7. The molecule has 0 saturated heterocycles. The van der Waals surface area contributed by atoms with Crippen molar-refractivity contribution in [2.45, 2.75) is 57.5 Å². The highest BCUT2D eigenvalue weighted by atomic mass is 19.4. The molecule has 2 N–H and O–H groups in total. The van der Waals surface area contributed by atoms with Gasteiger partial charge in [-0.3, -0.25) is 9.69 Å². The highest BCUT2D eigenvalue weighted by Gasteiger charge is 2.60. The summed E-state index contributed by atoms with van der Waals surface area (Å²) in [7, 11) is 1.55. The fraction of sp³-hybridized carbons (Fsp3) is 0.654. The van der Waals surface area contributed by atoms with E-state index in [0.29, 0.717) is 30.4 Å². The first-order chi connectivity index (χ1) is 16.2. The Morgan fingerprint density at radius 2 is 2.06 bits per heavy atom. The molecule has 2 aromatic rings. The molecule has 8 heteroatoms. The first-order valence-corrected chi connectivity index (χ1v) is 12.5. The second-order valence-corrected chi connectivity index (χ2v) is 10.9. The number of amides is 1. The van der Waals surface area contributed by atoms with Crippen molar-refractivity contribution in [3.05, 3.63) is 24.4 Å². The molecule has 1 spiro atoms. The highest BCUT2D eigenvalue weighted by Crippen LogP contribution is 2.65. The molecule has 1 unspecified atom stereocenters. The number of aromatic amines is 1. The monoisotopic (exact) mass is 477 g/mol. The molecule has 0 aliphatic heterocycles. The Balaban J connectivity index is 1.09. The van der Waals surface area contributed by atoms with Gasteiger partial charge in [-0.1, -0.05) is 6.42 Å². The lowest BCUT2D eigenvalue weighted by molar-refractivity contribution is -0.144. The number of aromatic nitrogens is 1. The van der Waals surface area contributed by atoms with Crippen molar-refractivity contribution >= 4 is 22.5 Å². The van der Waals surface area contributed by atoms with Gasteiger partial charge in [-0.2, -0.15) is 13.2 Å². The molecule has 1 aromatic carbocycles. The zero-order valence-corrected chi connectivity index (χ0v) is 19.7. The Morgan fingerprint density at radius 3 is 2.76 bits per heavy atom. The van der Waals surface area contributed by atoms with Crippen LogP contribution in [0.15, 0.2) is 24.4 Å². The third kappa shape index (κ3) is 5.21. The number of hydrogen-bond donors (Lipinski definition) is 2. The summed E-state index contributed by atoms with van der Waals surface area (Å²) < 4.78 is 43.7. The van der Waals surface area contributed by atoms with Crippen LogP contribution in [0, 0.1) is 23.2 Å². The van der Waals surface area contributed by atoms with Crippen LogP contribution in [0.25, 0.3) is 10.9 Å². The van der Waals surface area contributed by atoms with E-state index in [1.54, 1.807) is 7.05 Å². The maximum Gasteiger partial charge on any atom is 0.401 e. The minimum absolute atomic E-state index is 0.128. The van der Waals surface area contributed by atoms with Gasteiger partial charge in [0, 0.05) is 29.6 Å². The second-order valence-electron chi connectivity index (χ2n) is 10.9. The van der Waals surface area contributed by atoms with Gasteiger partial charge in [-0.25, -0.2) is 0 Å². The van der Waals surface area contributed by atoms with Crippen molar-refractivity contribution in [2.75, 3.05) is 32.1 Å². The van der Waals surface area contributed by atoms with E-state index in [0.717, 1.165) is 54.4 Å². The van der Waals surface area contributed by atoms with Gasteiger partial charge in [0.15, 0.2) is 0 Å². The molecule has 0 bridgehead atoms. The highest BCUT2D eigenvalue weighted by molar-refractivity contribution is 6.03. The Kier molecular flexibility index (Phi) is 6.29. The van der Waals surface area contributed by atoms with Crippen molar-refractivity contribution < 1.29 is 22.7 Å². The number of alkyl halides is 3. The van der Waals surface area contributed by atoms with E-state index in [4.69, 9.17) is 4.74 Å². The summed E-state index contributed by atoms with van der Waals surface area (Å²) in [6.45, 7) is 0.234. The van der Waals surface area contributed by atoms with Gasteiger partial charge in [0.2, 0.25) is 5.91 Å². The van der Waals surface area contributed by atoms with Gasteiger partial charge in [0.05, 0.1) is 18.8 Å². The molecule has 3 aliphatic rings. The maximum atomic E-state index is 12.7. The Morgan fingerprint density at radius 1 is 1.26 bits per heavy atom. The number of rotatable bonds is 9. The lowest BCUT2D eigenvalue weighted by Crippen LogP contribution is -2.34. The van der Waals surface area contributed by atoms with Gasteiger partial charge in [0.25, 0.3) is 0 Å². The quantitative estimate of drug-likeness (QED) is 0.467. The normalized spacial score (nSPS) is 25.6. The number of hydrogen-bond acceptors (Lipinski definition) is 3. The fourth-order valence-electron chi connectivity index (χ4n) is 6.18. The fourth-order valence-corrected chi connectivity index (χ4v) is 6.18. The Bertz CT molecular complexity index is 1030. The molecule has 3 saturated carbocycles. The van der Waals surface area contributed by atoms with Crippen LogP contribution < -0.4 is 10.1 Å². The summed E-state index contributed by atoms with van der Waals surface area (Å²) in [4.78, 5) is 17.3. The summed E-state index contributed by atoms with van der Waals surface area (Å²) in [6.07, 6.45) is 6.23. The molecule has 186 valence electrons. The van der Waals surface area contributed by atoms with E-state index in [-0.39, 0.29) is 11.8 Å². The van der Waals surface area contributed by atoms with E-state index in [2.05, 4.69) is 10.3 Å². The lowest BCUT2D eigenvalue weighted by Gasteiger charge is -2.26. The zero-order valence-electron chi connectivity index (χ0n) is 19.7. The van der Waals surface area contributed by atoms with E-state index in [1.165, 1.54) is 24.2 Å². The third-order valence-electron chi connectivity index (χ3n) is 8.23. The molecular weight excluding hydrogens is 443 g/mol. The van der Waals surface area contributed by atoms with Crippen LogP contribution in [0.5, 0.6) is 5.75 Å². The predicted octanol–water partition coefficient (Wildman–Crippen LogP) is 5.98. The molecule has 3 atom stereocenters. The summed E-state index contributed by atoms with van der Waals surface area (Å²) in [5, 5.41) is 4.06. The van der Waals surface area contributed by atoms with Crippen molar-refractivity contribution in [2.24, 2.45) is 23.2 Å². The van der Waals surface area contributed by atoms with Crippen LogP contribution in [0.4, 0.5) is 18.9 Å². The Hall–Kier alpha value is -2.22. The minimum atomic E-state index is -4.14. The van der Waals surface area contributed by atoms with Crippen LogP contribution >= 0.6 is 0 Å². The molecule has 1 amide bonds. The number of nitrogens with one attached hydrogen (secondary N) is 2. The topological polar surface area (TPSA) is 57.4 Å². The second kappa shape index (κ2) is 9.10. The third-order valence-corrected chi connectivity index (χ3v) is 8.23.